The molecular weight excluding hydrogens is 320 g/mol. The van der Waals surface area contributed by atoms with E-state index >= 15 is 0 Å². The number of amides is 1. The second kappa shape index (κ2) is 7.04. The molecule has 7 heteroatoms. The minimum Gasteiger partial charge on any atom is -0.497 e. The van der Waals surface area contributed by atoms with Gasteiger partial charge in [0.25, 0.3) is 5.91 Å². The van der Waals surface area contributed by atoms with Crippen LogP contribution in [0.15, 0.2) is 59.8 Å². The van der Waals surface area contributed by atoms with E-state index in [1.165, 1.54) is 18.3 Å². The van der Waals surface area contributed by atoms with Crippen LogP contribution in [0.5, 0.6) is 5.75 Å². The monoisotopic (exact) mass is 338 g/mol. The van der Waals surface area contributed by atoms with Crippen LogP contribution in [0.1, 0.15) is 27.8 Å². The van der Waals surface area contributed by atoms with Crippen LogP contribution in [0.2, 0.25) is 0 Å². The molecule has 0 aliphatic heterocycles. The number of nitrogens with one attached hydrogen (secondary N) is 2. The fraction of sp³-hybridized carbons (Fsp3) is 0.167. The fourth-order valence-electron chi connectivity index (χ4n) is 2.54. The van der Waals surface area contributed by atoms with E-state index in [1.54, 1.807) is 13.3 Å². The average Bonchev–Trinajstić information content (AvgIpc) is 3.06. The van der Waals surface area contributed by atoms with Crippen LogP contribution >= 0.6 is 0 Å². The van der Waals surface area contributed by atoms with Crippen molar-refractivity contribution >= 4 is 5.91 Å². The highest BCUT2D eigenvalue weighted by atomic mass is 16.5. The number of imidazole rings is 1. The highest BCUT2D eigenvalue weighted by Crippen LogP contribution is 2.24. The molecule has 2 heterocycles. The third kappa shape index (κ3) is 3.60. The lowest BCUT2D eigenvalue weighted by Crippen LogP contribution is -2.31. The minimum absolute atomic E-state index is 0.259. The summed E-state index contributed by atoms with van der Waals surface area (Å²) in [6.45, 7) is 0. The van der Waals surface area contributed by atoms with Crippen LogP contribution in [0.4, 0.5) is 0 Å². The maximum absolute atomic E-state index is 12.6. The summed E-state index contributed by atoms with van der Waals surface area (Å²) in [7, 11) is 3.45. The van der Waals surface area contributed by atoms with Crippen LogP contribution in [0.25, 0.3) is 0 Å². The standard InChI is InChI=1S/C18H18N4O3/c1-22-9-8-19-17(22)16(12-4-3-5-14(10-12)25-2)21-18(24)13-6-7-15(23)20-11-13/h3-11,16H,1-2H3,(H,20,23)(H,21,24)/t16-/m1/s1. The van der Waals surface area contributed by atoms with Gasteiger partial charge < -0.3 is 19.6 Å². The molecule has 0 saturated heterocycles. The van der Waals surface area contributed by atoms with Crippen LogP contribution < -0.4 is 15.6 Å². The van der Waals surface area contributed by atoms with Crippen LogP contribution in [-0.2, 0) is 7.05 Å². The molecule has 0 fully saturated rings. The normalized spacial score (nSPS) is 11.8. The van der Waals surface area contributed by atoms with Gasteiger partial charge in [-0.2, -0.15) is 0 Å². The minimum atomic E-state index is -0.463. The third-order valence-corrected chi connectivity index (χ3v) is 3.87. The van der Waals surface area contributed by atoms with Gasteiger partial charge in [0, 0.05) is 31.7 Å². The predicted molar refractivity (Wildman–Crippen MR) is 92.6 cm³/mol. The van der Waals surface area contributed by atoms with E-state index in [4.69, 9.17) is 4.74 Å². The zero-order valence-corrected chi connectivity index (χ0v) is 13.9. The molecule has 0 radical (unpaired) electrons. The third-order valence-electron chi connectivity index (χ3n) is 3.87. The molecule has 0 aliphatic carbocycles. The Balaban J connectivity index is 1.96. The molecule has 0 spiro atoms. The Morgan fingerprint density at radius 2 is 2.16 bits per heavy atom. The molecule has 25 heavy (non-hydrogen) atoms. The van der Waals surface area contributed by atoms with Gasteiger partial charge in [-0.05, 0) is 23.8 Å². The maximum atomic E-state index is 12.6. The summed E-state index contributed by atoms with van der Waals surface area (Å²) in [6, 6.07) is 9.78. The Bertz CT molecular complexity index is 925. The van der Waals surface area contributed by atoms with E-state index in [0.29, 0.717) is 17.1 Å². The number of benzene rings is 1. The molecule has 7 nitrogen and oxygen atoms in total. The van der Waals surface area contributed by atoms with Gasteiger partial charge in [0.2, 0.25) is 5.56 Å². The van der Waals surface area contributed by atoms with E-state index in [-0.39, 0.29) is 11.5 Å². The number of carbonyl (C=O) groups is 1. The number of aryl methyl sites for hydroxylation is 1. The van der Waals surface area contributed by atoms with Crippen molar-refractivity contribution in [3.05, 3.63) is 82.3 Å². The fourth-order valence-corrected chi connectivity index (χ4v) is 2.54. The molecule has 2 N–H and O–H groups in total. The Morgan fingerprint density at radius 3 is 2.80 bits per heavy atom. The van der Waals surface area contributed by atoms with Gasteiger partial charge >= 0.3 is 0 Å². The Morgan fingerprint density at radius 1 is 1.32 bits per heavy atom. The van der Waals surface area contributed by atoms with Crippen molar-refractivity contribution in [3.63, 3.8) is 0 Å². The average molecular weight is 338 g/mol. The molecule has 1 atom stereocenters. The summed E-state index contributed by atoms with van der Waals surface area (Å²) < 4.78 is 7.12. The van der Waals surface area contributed by atoms with Crippen molar-refractivity contribution in [1.29, 1.82) is 0 Å². The molecule has 0 saturated carbocycles. The van der Waals surface area contributed by atoms with Crippen molar-refractivity contribution in [3.8, 4) is 5.75 Å². The van der Waals surface area contributed by atoms with Gasteiger partial charge in [0.05, 0.1) is 12.7 Å². The van der Waals surface area contributed by atoms with Crippen molar-refractivity contribution in [1.82, 2.24) is 19.9 Å². The van der Waals surface area contributed by atoms with Gasteiger partial charge in [-0.15, -0.1) is 0 Å². The molecule has 3 rings (SSSR count). The first-order valence-corrected chi connectivity index (χ1v) is 7.69. The first-order chi connectivity index (χ1) is 12.1. The van der Waals surface area contributed by atoms with Crippen molar-refractivity contribution < 1.29 is 9.53 Å². The Labute approximate surface area is 144 Å². The van der Waals surface area contributed by atoms with E-state index in [1.807, 2.05) is 42.1 Å². The topological polar surface area (TPSA) is 89.0 Å². The quantitative estimate of drug-likeness (QED) is 0.740. The number of methoxy groups -OCH3 is 1. The van der Waals surface area contributed by atoms with Gasteiger partial charge in [-0.25, -0.2) is 4.98 Å². The summed E-state index contributed by atoms with van der Waals surface area (Å²) in [5, 5.41) is 2.96. The molecule has 3 aromatic rings. The Kier molecular flexibility index (Phi) is 4.65. The largest absolute Gasteiger partial charge is 0.497 e. The van der Waals surface area contributed by atoms with E-state index in [9.17, 15) is 9.59 Å². The van der Waals surface area contributed by atoms with Crippen LogP contribution in [0.3, 0.4) is 0 Å². The Hall–Kier alpha value is -3.35. The molecule has 0 aliphatic rings. The number of rotatable bonds is 5. The van der Waals surface area contributed by atoms with Crippen molar-refractivity contribution in [2.75, 3.05) is 7.11 Å². The SMILES string of the molecule is COc1cccc([C@@H](NC(=O)c2ccc(=O)[nH]c2)c2nccn2C)c1. The number of hydrogen-bond acceptors (Lipinski definition) is 4. The lowest BCUT2D eigenvalue weighted by molar-refractivity contribution is 0.0940. The maximum Gasteiger partial charge on any atom is 0.253 e. The molecule has 0 bridgehead atoms. The number of ether oxygens (including phenoxy) is 1. The molecule has 2 aromatic heterocycles. The first-order valence-electron chi connectivity index (χ1n) is 7.69. The second-order valence-electron chi connectivity index (χ2n) is 5.52. The summed E-state index contributed by atoms with van der Waals surface area (Å²) in [4.78, 5) is 30.6. The highest BCUT2D eigenvalue weighted by molar-refractivity contribution is 5.94. The van der Waals surface area contributed by atoms with Gasteiger partial charge in [-0.3, -0.25) is 9.59 Å². The summed E-state index contributed by atoms with van der Waals surface area (Å²) >= 11 is 0. The molecular formula is C18H18N4O3. The molecule has 1 amide bonds. The van der Waals surface area contributed by atoms with Gasteiger partial charge in [-0.1, -0.05) is 12.1 Å². The zero-order chi connectivity index (χ0) is 17.8. The number of aromatic nitrogens is 3. The summed E-state index contributed by atoms with van der Waals surface area (Å²) in [6.07, 6.45) is 4.88. The number of hydrogen-bond donors (Lipinski definition) is 2. The highest BCUT2D eigenvalue weighted by Gasteiger charge is 2.22. The van der Waals surface area contributed by atoms with Crippen LogP contribution in [0, 0.1) is 0 Å². The number of nitrogens with zero attached hydrogens (tertiary/aromatic N) is 2. The first kappa shape index (κ1) is 16.5. The second-order valence-corrected chi connectivity index (χ2v) is 5.52. The smallest absolute Gasteiger partial charge is 0.253 e. The molecule has 0 unspecified atom stereocenters. The lowest BCUT2D eigenvalue weighted by atomic mass is 10.0. The van der Waals surface area contributed by atoms with Crippen LogP contribution in [-0.4, -0.2) is 27.6 Å². The van der Waals surface area contributed by atoms with E-state index in [0.717, 1.165) is 5.56 Å². The number of aromatic amines is 1. The lowest BCUT2D eigenvalue weighted by Gasteiger charge is -2.19. The number of carbonyl (C=O) groups excluding carboxylic acids is 1. The zero-order valence-electron chi connectivity index (χ0n) is 13.9. The van der Waals surface area contributed by atoms with Gasteiger partial charge in [0.1, 0.15) is 17.6 Å². The number of H-pyrrole nitrogens is 1. The van der Waals surface area contributed by atoms with Crippen molar-refractivity contribution in [2.24, 2.45) is 7.05 Å². The summed E-state index contributed by atoms with van der Waals surface area (Å²) in [5.41, 5.74) is 0.943. The molecule has 1 aromatic carbocycles. The van der Waals surface area contributed by atoms with E-state index in [2.05, 4.69) is 15.3 Å². The predicted octanol–water partition coefficient (Wildman–Crippen LogP) is 1.64. The number of pyridine rings is 1. The van der Waals surface area contributed by atoms with Crippen molar-refractivity contribution in [2.45, 2.75) is 6.04 Å². The molecule has 128 valence electrons. The van der Waals surface area contributed by atoms with Gasteiger partial charge in [0.15, 0.2) is 0 Å². The summed E-state index contributed by atoms with van der Waals surface area (Å²) in [5.74, 6) is 1.06. The van der Waals surface area contributed by atoms with E-state index < -0.39 is 6.04 Å².